The number of nitrogens with zero attached hydrogens (tertiary/aromatic N) is 4. The number of hydrogen-bond donors (Lipinski definition) is 2. The summed E-state index contributed by atoms with van der Waals surface area (Å²) in [6, 6.07) is 19.7. The van der Waals surface area contributed by atoms with Gasteiger partial charge in [-0.3, -0.25) is 4.79 Å². The fourth-order valence-electron chi connectivity index (χ4n) is 5.20. The van der Waals surface area contributed by atoms with Crippen LogP contribution in [0.25, 0.3) is 0 Å². The van der Waals surface area contributed by atoms with Gasteiger partial charge in [0.25, 0.3) is 5.91 Å². The molecule has 4 rings (SSSR count). The molecule has 0 unspecified atom stereocenters. The second-order valence-electron chi connectivity index (χ2n) is 11.6. The number of methoxy groups -OCH3 is 1. The van der Waals surface area contributed by atoms with Crippen molar-refractivity contribution in [3.63, 3.8) is 0 Å². The monoisotopic (exact) mass is 516 g/mol. The number of nitrogens with one attached hydrogen (secondary N) is 2. The number of aromatic nitrogens is 2. The summed E-state index contributed by atoms with van der Waals surface area (Å²) in [6.07, 6.45) is 0.901. The molecule has 1 saturated heterocycles. The molecule has 1 aliphatic heterocycles. The molecular weight excluding hydrogens is 476 g/mol. The highest BCUT2D eigenvalue weighted by molar-refractivity contribution is 5.93. The zero-order valence-electron chi connectivity index (χ0n) is 23.4. The fourth-order valence-corrected chi connectivity index (χ4v) is 5.20. The predicted molar refractivity (Wildman–Crippen MR) is 155 cm³/mol. The number of carbonyl (C=O) groups is 1. The van der Waals surface area contributed by atoms with Crippen LogP contribution in [0.1, 0.15) is 51.5 Å². The van der Waals surface area contributed by atoms with Crippen molar-refractivity contribution >= 4 is 29.0 Å². The Morgan fingerprint density at radius 3 is 2.24 bits per heavy atom. The molecule has 0 aliphatic carbocycles. The Balaban J connectivity index is 1.58. The van der Waals surface area contributed by atoms with Gasteiger partial charge in [0.15, 0.2) is 0 Å². The number of para-hydroxylation sites is 3. The SMILES string of the molecule is COc1ccccc1Nc1cc(C(=O)N2CCN(c3ccccc3)CC2)nc(NC(C)(C)CC(C)(C)C)n1. The maximum absolute atomic E-state index is 13.7. The minimum atomic E-state index is -0.275. The van der Waals surface area contributed by atoms with Gasteiger partial charge >= 0.3 is 0 Å². The molecule has 38 heavy (non-hydrogen) atoms. The maximum atomic E-state index is 13.7. The van der Waals surface area contributed by atoms with E-state index in [9.17, 15) is 4.79 Å². The molecule has 0 saturated carbocycles. The van der Waals surface area contributed by atoms with Crippen LogP contribution in [0.2, 0.25) is 0 Å². The molecule has 1 amide bonds. The third kappa shape index (κ3) is 7.15. The van der Waals surface area contributed by atoms with E-state index < -0.39 is 0 Å². The van der Waals surface area contributed by atoms with E-state index in [2.05, 4.69) is 67.3 Å². The molecule has 1 aliphatic rings. The molecule has 2 aromatic carbocycles. The number of rotatable bonds is 8. The number of benzene rings is 2. The van der Waals surface area contributed by atoms with Crippen LogP contribution in [0.5, 0.6) is 5.75 Å². The number of hydrogen-bond acceptors (Lipinski definition) is 7. The first kappa shape index (κ1) is 27.2. The molecule has 1 aromatic heterocycles. The molecular formula is C30H40N6O2. The van der Waals surface area contributed by atoms with E-state index >= 15 is 0 Å². The topological polar surface area (TPSA) is 82.6 Å². The Morgan fingerprint density at radius 2 is 1.58 bits per heavy atom. The van der Waals surface area contributed by atoms with Gasteiger partial charge in [0.05, 0.1) is 12.8 Å². The van der Waals surface area contributed by atoms with Crippen molar-refractivity contribution < 1.29 is 9.53 Å². The number of piperazine rings is 1. The summed E-state index contributed by atoms with van der Waals surface area (Å²) in [5, 5.41) is 6.81. The van der Waals surface area contributed by atoms with Gasteiger partial charge in [-0.1, -0.05) is 51.1 Å². The van der Waals surface area contributed by atoms with Crippen molar-refractivity contribution in [2.24, 2.45) is 5.41 Å². The molecule has 2 N–H and O–H groups in total. The smallest absolute Gasteiger partial charge is 0.272 e. The van der Waals surface area contributed by atoms with Crippen molar-refractivity contribution in [3.05, 3.63) is 66.4 Å². The van der Waals surface area contributed by atoms with Crippen LogP contribution in [-0.2, 0) is 0 Å². The van der Waals surface area contributed by atoms with E-state index in [-0.39, 0.29) is 16.9 Å². The average molecular weight is 517 g/mol. The van der Waals surface area contributed by atoms with Crippen LogP contribution in [0.4, 0.5) is 23.1 Å². The largest absolute Gasteiger partial charge is 0.495 e. The lowest BCUT2D eigenvalue weighted by Crippen LogP contribution is -2.49. The fraction of sp³-hybridized carbons (Fsp3) is 0.433. The van der Waals surface area contributed by atoms with Crippen LogP contribution in [-0.4, -0.2) is 59.6 Å². The molecule has 0 atom stereocenters. The first-order chi connectivity index (χ1) is 18.0. The lowest BCUT2D eigenvalue weighted by Gasteiger charge is -2.36. The lowest BCUT2D eigenvalue weighted by molar-refractivity contribution is 0.0740. The predicted octanol–water partition coefficient (Wildman–Crippen LogP) is 5.82. The minimum Gasteiger partial charge on any atom is -0.495 e. The van der Waals surface area contributed by atoms with Gasteiger partial charge < -0.3 is 25.2 Å². The average Bonchev–Trinajstić information content (AvgIpc) is 2.87. The molecule has 1 fully saturated rings. The Kier molecular flexibility index (Phi) is 8.09. The highest BCUT2D eigenvalue weighted by atomic mass is 16.5. The number of carbonyl (C=O) groups excluding carboxylic acids is 1. The molecule has 0 radical (unpaired) electrons. The van der Waals surface area contributed by atoms with E-state index in [0.717, 1.165) is 25.2 Å². The van der Waals surface area contributed by atoms with Gasteiger partial charge in [0.1, 0.15) is 17.3 Å². The molecule has 0 bridgehead atoms. The van der Waals surface area contributed by atoms with Crippen molar-refractivity contribution in [2.45, 2.75) is 46.6 Å². The summed E-state index contributed by atoms with van der Waals surface area (Å²) in [7, 11) is 1.63. The second-order valence-corrected chi connectivity index (χ2v) is 11.6. The third-order valence-corrected chi connectivity index (χ3v) is 6.43. The Labute approximate surface area is 226 Å². The van der Waals surface area contributed by atoms with Gasteiger partial charge in [-0.25, -0.2) is 4.98 Å². The normalized spacial score (nSPS) is 14.3. The minimum absolute atomic E-state index is 0.0973. The summed E-state index contributed by atoms with van der Waals surface area (Å²) in [5.74, 6) is 1.55. The van der Waals surface area contributed by atoms with Gasteiger partial charge in [-0.2, -0.15) is 4.98 Å². The van der Waals surface area contributed by atoms with E-state index in [1.807, 2.05) is 47.4 Å². The standard InChI is InChI=1S/C30H40N6O2/c1-29(2,3)21-30(4,5)34-28-32-24(20-26(33-28)31-23-14-10-11-15-25(23)38-6)27(37)36-18-16-35(17-19-36)22-12-8-7-9-13-22/h7-15,20H,16-19,21H2,1-6H3,(H2,31,32,33,34). The number of amides is 1. The highest BCUT2D eigenvalue weighted by Crippen LogP contribution is 2.31. The van der Waals surface area contributed by atoms with Crippen molar-refractivity contribution in [1.82, 2.24) is 14.9 Å². The molecule has 202 valence electrons. The van der Waals surface area contributed by atoms with Gasteiger partial charge in [0, 0.05) is 43.5 Å². The molecule has 8 nitrogen and oxygen atoms in total. The van der Waals surface area contributed by atoms with Crippen LogP contribution >= 0.6 is 0 Å². The van der Waals surface area contributed by atoms with Crippen molar-refractivity contribution in [2.75, 3.05) is 48.8 Å². The zero-order chi connectivity index (χ0) is 27.3. The quantitative estimate of drug-likeness (QED) is 0.390. The Bertz CT molecular complexity index is 1230. The maximum Gasteiger partial charge on any atom is 0.272 e. The van der Waals surface area contributed by atoms with Crippen LogP contribution in [0, 0.1) is 5.41 Å². The van der Waals surface area contributed by atoms with Crippen molar-refractivity contribution in [1.29, 1.82) is 0 Å². The molecule has 2 heterocycles. The number of anilines is 4. The van der Waals surface area contributed by atoms with Gasteiger partial charge in [-0.15, -0.1) is 0 Å². The van der Waals surface area contributed by atoms with E-state index in [1.54, 1.807) is 13.2 Å². The third-order valence-electron chi connectivity index (χ3n) is 6.43. The first-order valence-corrected chi connectivity index (χ1v) is 13.2. The van der Waals surface area contributed by atoms with Crippen LogP contribution in [0.3, 0.4) is 0 Å². The zero-order valence-corrected chi connectivity index (χ0v) is 23.4. The van der Waals surface area contributed by atoms with Crippen molar-refractivity contribution in [3.8, 4) is 5.75 Å². The highest BCUT2D eigenvalue weighted by Gasteiger charge is 2.28. The Hall–Kier alpha value is -3.81. The van der Waals surface area contributed by atoms with Gasteiger partial charge in [0.2, 0.25) is 5.95 Å². The lowest BCUT2D eigenvalue weighted by atomic mass is 9.82. The summed E-state index contributed by atoms with van der Waals surface area (Å²) >= 11 is 0. The summed E-state index contributed by atoms with van der Waals surface area (Å²) < 4.78 is 5.50. The van der Waals surface area contributed by atoms with E-state index in [0.29, 0.717) is 36.3 Å². The first-order valence-electron chi connectivity index (χ1n) is 13.2. The summed E-state index contributed by atoms with van der Waals surface area (Å²) in [5.41, 5.74) is 2.14. The summed E-state index contributed by atoms with van der Waals surface area (Å²) in [4.78, 5) is 27.3. The van der Waals surface area contributed by atoms with E-state index in [4.69, 9.17) is 9.72 Å². The Morgan fingerprint density at radius 1 is 0.921 bits per heavy atom. The van der Waals surface area contributed by atoms with Gasteiger partial charge in [-0.05, 0) is 49.9 Å². The summed E-state index contributed by atoms with van der Waals surface area (Å²) in [6.45, 7) is 13.7. The number of ether oxygens (including phenoxy) is 1. The van der Waals surface area contributed by atoms with E-state index in [1.165, 1.54) is 5.69 Å². The van der Waals surface area contributed by atoms with Crippen LogP contribution < -0.4 is 20.3 Å². The second kappa shape index (κ2) is 11.3. The van der Waals surface area contributed by atoms with Crippen LogP contribution in [0.15, 0.2) is 60.7 Å². The molecule has 8 heteroatoms. The molecule has 0 spiro atoms. The molecule has 3 aromatic rings.